The minimum atomic E-state index is -2.99. The smallest absolute Gasteiger partial charge is 0.387 e. The molecule has 0 heterocycles. The first-order valence-electron chi connectivity index (χ1n) is 11.8. The summed E-state index contributed by atoms with van der Waals surface area (Å²) in [6.07, 6.45) is 3.06. The van der Waals surface area contributed by atoms with Crippen molar-refractivity contribution in [2.75, 3.05) is 14.2 Å². The fraction of sp³-hybridized carbons (Fsp3) is 0.129. The molecule has 7 heteroatoms. The van der Waals surface area contributed by atoms with Gasteiger partial charge in [0.15, 0.2) is 17.3 Å². The summed E-state index contributed by atoms with van der Waals surface area (Å²) >= 11 is 0. The molecular formula is C31H26F2O5. The molecule has 5 nitrogen and oxygen atoms in total. The van der Waals surface area contributed by atoms with Gasteiger partial charge in [-0.3, -0.25) is 4.79 Å². The molecular weight excluding hydrogens is 490 g/mol. The van der Waals surface area contributed by atoms with Crippen molar-refractivity contribution in [3.63, 3.8) is 0 Å². The van der Waals surface area contributed by atoms with Crippen LogP contribution in [0.3, 0.4) is 0 Å². The van der Waals surface area contributed by atoms with E-state index in [9.17, 15) is 13.6 Å². The van der Waals surface area contributed by atoms with Crippen molar-refractivity contribution in [1.82, 2.24) is 0 Å². The van der Waals surface area contributed by atoms with Crippen molar-refractivity contribution in [3.8, 4) is 34.1 Å². The van der Waals surface area contributed by atoms with Crippen LogP contribution in [-0.2, 0) is 6.61 Å². The Morgan fingerprint density at radius 3 is 2.16 bits per heavy atom. The summed E-state index contributed by atoms with van der Waals surface area (Å²) in [5.74, 6) is 0.964. The number of methoxy groups -OCH3 is 2. The Morgan fingerprint density at radius 2 is 1.47 bits per heavy atom. The van der Waals surface area contributed by atoms with Gasteiger partial charge >= 0.3 is 6.61 Å². The first-order chi connectivity index (χ1) is 18.5. The lowest BCUT2D eigenvalue weighted by Crippen LogP contribution is -2.04. The van der Waals surface area contributed by atoms with Crippen molar-refractivity contribution < 1.29 is 32.5 Å². The summed E-state index contributed by atoms with van der Waals surface area (Å²) in [5.41, 5.74) is 4.08. The number of ether oxygens (including phenoxy) is 4. The lowest BCUT2D eigenvalue weighted by atomic mass is 10.1. The predicted octanol–water partition coefficient (Wildman–Crippen LogP) is 7.45. The van der Waals surface area contributed by atoms with Crippen LogP contribution in [-0.4, -0.2) is 26.6 Å². The minimum absolute atomic E-state index is 0.0465. The van der Waals surface area contributed by atoms with Crippen LogP contribution in [0, 0.1) is 0 Å². The van der Waals surface area contributed by atoms with Crippen molar-refractivity contribution in [1.29, 1.82) is 0 Å². The summed E-state index contributed by atoms with van der Waals surface area (Å²) in [4.78, 5) is 12.7. The van der Waals surface area contributed by atoms with Crippen LogP contribution in [0.5, 0.6) is 23.0 Å². The second-order valence-corrected chi connectivity index (χ2v) is 8.19. The summed E-state index contributed by atoms with van der Waals surface area (Å²) in [6.45, 7) is -2.72. The van der Waals surface area contributed by atoms with E-state index in [2.05, 4.69) is 16.9 Å². The molecule has 0 saturated heterocycles. The lowest BCUT2D eigenvalue weighted by Gasteiger charge is -2.12. The maximum atomic E-state index is 12.7. The molecule has 0 unspecified atom stereocenters. The number of allylic oxidation sites excluding steroid dienone is 1. The molecule has 0 aromatic heterocycles. The zero-order valence-electron chi connectivity index (χ0n) is 20.9. The third-order valence-electron chi connectivity index (χ3n) is 5.75. The van der Waals surface area contributed by atoms with E-state index < -0.39 is 6.61 Å². The predicted molar refractivity (Wildman–Crippen MR) is 142 cm³/mol. The van der Waals surface area contributed by atoms with Gasteiger partial charge in [-0.15, -0.1) is 0 Å². The van der Waals surface area contributed by atoms with E-state index in [4.69, 9.17) is 14.2 Å². The van der Waals surface area contributed by atoms with Gasteiger partial charge < -0.3 is 18.9 Å². The van der Waals surface area contributed by atoms with E-state index in [1.807, 2.05) is 54.6 Å². The van der Waals surface area contributed by atoms with E-state index in [-0.39, 0.29) is 29.5 Å². The fourth-order valence-corrected chi connectivity index (χ4v) is 3.83. The SMILES string of the molecule is COc1ccc(/C=C/C(=O)c2ccc(OC(F)F)c(OC)c2)cc1COc1ccc(-c2ccccc2)cc1. The molecule has 0 saturated carbocycles. The zero-order valence-corrected chi connectivity index (χ0v) is 20.9. The largest absolute Gasteiger partial charge is 0.496 e. The monoisotopic (exact) mass is 516 g/mol. The van der Waals surface area contributed by atoms with Gasteiger partial charge in [0, 0.05) is 11.1 Å². The van der Waals surface area contributed by atoms with Gasteiger partial charge in [0.1, 0.15) is 18.1 Å². The van der Waals surface area contributed by atoms with Crippen molar-refractivity contribution >= 4 is 11.9 Å². The molecule has 0 aliphatic heterocycles. The van der Waals surface area contributed by atoms with Crippen LogP contribution in [0.15, 0.2) is 97.1 Å². The fourth-order valence-electron chi connectivity index (χ4n) is 3.83. The van der Waals surface area contributed by atoms with Crippen LogP contribution in [0.4, 0.5) is 8.78 Å². The van der Waals surface area contributed by atoms with Gasteiger partial charge in [-0.2, -0.15) is 8.78 Å². The number of halogens is 2. The summed E-state index contributed by atoms with van der Waals surface area (Å²) in [6, 6.07) is 27.5. The second kappa shape index (κ2) is 12.5. The molecule has 0 N–H and O–H groups in total. The molecule has 4 aromatic rings. The molecule has 38 heavy (non-hydrogen) atoms. The Labute approximate surface area is 219 Å². The highest BCUT2D eigenvalue weighted by Gasteiger charge is 2.13. The highest BCUT2D eigenvalue weighted by atomic mass is 19.3. The molecule has 0 amide bonds. The Morgan fingerprint density at radius 1 is 0.789 bits per heavy atom. The lowest BCUT2D eigenvalue weighted by molar-refractivity contribution is -0.0512. The molecule has 0 spiro atoms. The summed E-state index contributed by atoms with van der Waals surface area (Å²) < 4.78 is 46.0. The number of alkyl halides is 2. The average molecular weight is 517 g/mol. The summed E-state index contributed by atoms with van der Waals surface area (Å²) in [7, 11) is 2.90. The van der Waals surface area contributed by atoms with Crippen LogP contribution in [0.25, 0.3) is 17.2 Å². The molecule has 4 aromatic carbocycles. The van der Waals surface area contributed by atoms with E-state index in [0.717, 1.165) is 28.0 Å². The number of rotatable bonds is 11. The topological polar surface area (TPSA) is 54.0 Å². The number of carbonyl (C=O) groups is 1. The molecule has 0 bridgehead atoms. The molecule has 0 aliphatic rings. The Kier molecular flexibility index (Phi) is 8.72. The van der Waals surface area contributed by atoms with Crippen LogP contribution in [0.2, 0.25) is 0 Å². The van der Waals surface area contributed by atoms with Crippen molar-refractivity contribution in [3.05, 3.63) is 114 Å². The Hall–Kier alpha value is -4.65. The number of hydrogen-bond donors (Lipinski definition) is 0. The molecule has 194 valence electrons. The van der Waals surface area contributed by atoms with Gasteiger partial charge in [-0.1, -0.05) is 54.6 Å². The summed E-state index contributed by atoms with van der Waals surface area (Å²) in [5, 5.41) is 0. The minimum Gasteiger partial charge on any atom is -0.496 e. The van der Waals surface area contributed by atoms with Gasteiger partial charge in [0.2, 0.25) is 0 Å². The molecule has 0 radical (unpaired) electrons. The molecule has 4 rings (SSSR count). The Bertz CT molecular complexity index is 1400. The highest BCUT2D eigenvalue weighted by Crippen LogP contribution is 2.30. The standard InChI is InChI=1S/C31H26F2O5/c1-35-28-16-9-21(8-15-27(34)24-12-17-29(38-31(32)33)30(19-24)36-2)18-25(28)20-37-26-13-10-23(11-14-26)22-6-4-3-5-7-22/h3-19,31H,20H2,1-2H3/b15-8+. The van der Waals surface area contributed by atoms with Gasteiger partial charge in [-0.25, -0.2) is 0 Å². The average Bonchev–Trinajstić information content (AvgIpc) is 2.95. The zero-order chi connectivity index (χ0) is 26.9. The maximum absolute atomic E-state index is 12.7. The van der Waals surface area contributed by atoms with Gasteiger partial charge in [-0.05, 0) is 65.2 Å². The van der Waals surface area contributed by atoms with E-state index in [1.165, 1.54) is 31.4 Å². The Balaban J connectivity index is 1.44. The molecule has 0 atom stereocenters. The molecule has 0 fully saturated rings. The quantitative estimate of drug-likeness (QED) is 0.153. The van der Waals surface area contributed by atoms with E-state index in [0.29, 0.717) is 5.75 Å². The van der Waals surface area contributed by atoms with Crippen molar-refractivity contribution in [2.45, 2.75) is 13.2 Å². The third kappa shape index (κ3) is 6.76. The van der Waals surface area contributed by atoms with Crippen LogP contribution < -0.4 is 18.9 Å². The van der Waals surface area contributed by atoms with E-state index in [1.54, 1.807) is 19.3 Å². The van der Waals surface area contributed by atoms with Gasteiger partial charge in [0.05, 0.1) is 14.2 Å². The van der Waals surface area contributed by atoms with Crippen LogP contribution >= 0.6 is 0 Å². The highest BCUT2D eigenvalue weighted by molar-refractivity contribution is 6.07. The molecule has 0 aliphatic carbocycles. The first-order valence-corrected chi connectivity index (χ1v) is 11.8. The van der Waals surface area contributed by atoms with Gasteiger partial charge in [0.25, 0.3) is 0 Å². The number of benzene rings is 4. The normalized spacial score (nSPS) is 11.0. The maximum Gasteiger partial charge on any atom is 0.387 e. The number of ketones is 1. The second-order valence-electron chi connectivity index (χ2n) is 8.19. The van der Waals surface area contributed by atoms with Crippen molar-refractivity contribution in [2.24, 2.45) is 0 Å². The number of carbonyl (C=O) groups excluding carboxylic acids is 1. The van der Waals surface area contributed by atoms with E-state index >= 15 is 0 Å². The number of hydrogen-bond acceptors (Lipinski definition) is 5. The van der Waals surface area contributed by atoms with Crippen LogP contribution in [0.1, 0.15) is 21.5 Å². The third-order valence-corrected chi connectivity index (χ3v) is 5.75. The first kappa shape index (κ1) is 26.4.